The first kappa shape index (κ1) is 20.5. The van der Waals surface area contributed by atoms with E-state index in [4.69, 9.17) is 0 Å². The highest BCUT2D eigenvalue weighted by atomic mass is 32.2. The van der Waals surface area contributed by atoms with Crippen molar-refractivity contribution >= 4 is 38.6 Å². The summed E-state index contributed by atoms with van der Waals surface area (Å²) in [6.07, 6.45) is 1.47. The minimum Gasteiger partial charge on any atom is -0.328 e. The van der Waals surface area contributed by atoms with E-state index in [0.717, 1.165) is 9.75 Å². The lowest BCUT2D eigenvalue weighted by atomic mass is 10.2. The topological polar surface area (TPSA) is 66.5 Å². The van der Waals surface area contributed by atoms with Crippen LogP contribution in [0.3, 0.4) is 0 Å². The van der Waals surface area contributed by atoms with Crippen molar-refractivity contribution in [3.8, 4) is 0 Å². The van der Waals surface area contributed by atoms with Crippen molar-refractivity contribution in [3.05, 3.63) is 87.3 Å². The van der Waals surface area contributed by atoms with Gasteiger partial charge in [-0.1, -0.05) is 24.3 Å². The molecular weight excluding hydrogens is 412 g/mol. The summed E-state index contributed by atoms with van der Waals surface area (Å²) in [6, 6.07) is 14.0. The third-order valence-corrected chi connectivity index (χ3v) is 7.09. The fraction of sp³-hybridized carbons (Fsp3) is 0.150. The van der Waals surface area contributed by atoms with E-state index in [2.05, 4.69) is 11.3 Å². The second-order valence-corrected chi connectivity index (χ2v) is 9.82. The average molecular weight is 433 g/mol. The van der Waals surface area contributed by atoms with Crippen LogP contribution in [0.1, 0.15) is 20.1 Å². The lowest BCUT2D eigenvalue weighted by molar-refractivity contribution is 0.0733. The van der Waals surface area contributed by atoms with Crippen molar-refractivity contribution in [1.29, 1.82) is 0 Å². The maximum absolute atomic E-state index is 13.2. The Morgan fingerprint density at radius 1 is 1.04 bits per heavy atom. The van der Waals surface area contributed by atoms with E-state index in [-0.39, 0.29) is 17.3 Å². The zero-order valence-electron chi connectivity index (χ0n) is 15.1. The molecule has 28 heavy (non-hydrogen) atoms. The molecule has 0 saturated carbocycles. The fourth-order valence-electron chi connectivity index (χ4n) is 2.61. The minimum absolute atomic E-state index is 0.0624. The molecular formula is C20H20N2O3S3. The summed E-state index contributed by atoms with van der Waals surface area (Å²) >= 11 is 3.17. The quantitative estimate of drug-likeness (QED) is 0.517. The van der Waals surface area contributed by atoms with Crippen LogP contribution >= 0.6 is 22.7 Å². The minimum atomic E-state index is -3.69. The van der Waals surface area contributed by atoms with Gasteiger partial charge in [0.25, 0.3) is 5.91 Å². The molecule has 0 saturated heterocycles. The van der Waals surface area contributed by atoms with Crippen LogP contribution in [0.15, 0.2) is 76.8 Å². The molecule has 2 aromatic heterocycles. The Hall–Kier alpha value is -2.26. The van der Waals surface area contributed by atoms with Crippen LogP contribution in [-0.2, 0) is 23.1 Å². The summed E-state index contributed by atoms with van der Waals surface area (Å²) in [5.74, 6) is -0.206. The van der Waals surface area contributed by atoms with Crippen LogP contribution < -0.4 is 4.72 Å². The predicted octanol–water partition coefficient (Wildman–Crippen LogP) is 4.12. The summed E-state index contributed by atoms with van der Waals surface area (Å²) in [5.41, 5.74) is 0.342. The Bertz CT molecular complexity index is 990. The molecule has 1 aromatic carbocycles. The van der Waals surface area contributed by atoms with E-state index in [1.165, 1.54) is 18.2 Å². The second kappa shape index (κ2) is 9.29. The standard InChI is InChI=1S/C20H20N2O3S3/c1-2-10-21-28(24,25)19-9-3-6-16(13-19)20(23)22(14-17-7-4-11-26-17)15-18-8-5-12-27-18/h2-9,11-13,21H,1,10,14-15H2. The lowest BCUT2D eigenvalue weighted by Crippen LogP contribution is -2.30. The highest BCUT2D eigenvalue weighted by Crippen LogP contribution is 2.20. The SMILES string of the molecule is C=CCNS(=O)(=O)c1cccc(C(=O)N(Cc2cccs2)Cc2cccs2)c1. The molecule has 0 aliphatic rings. The average Bonchev–Trinajstić information content (AvgIpc) is 3.40. The van der Waals surface area contributed by atoms with Gasteiger partial charge in [-0.3, -0.25) is 4.79 Å². The number of thiophene rings is 2. The van der Waals surface area contributed by atoms with Crippen LogP contribution in [-0.4, -0.2) is 25.8 Å². The van der Waals surface area contributed by atoms with E-state index in [1.54, 1.807) is 39.7 Å². The zero-order chi connectivity index (χ0) is 20.0. The smallest absolute Gasteiger partial charge is 0.254 e. The van der Waals surface area contributed by atoms with E-state index in [0.29, 0.717) is 18.7 Å². The van der Waals surface area contributed by atoms with Crippen LogP contribution in [0.5, 0.6) is 0 Å². The van der Waals surface area contributed by atoms with E-state index >= 15 is 0 Å². The number of hydrogen-bond acceptors (Lipinski definition) is 5. The van der Waals surface area contributed by atoms with E-state index in [1.807, 2.05) is 35.0 Å². The number of amides is 1. The van der Waals surface area contributed by atoms with Crippen LogP contribution in [0, 0.1) is 0 Å². The van der Waals surface area contributed by atoms with Crippen LogP contribution in [0.4, 0.5) is 0 Å². The first-order valence-electron chi connectivity index (χ1n) is 8.54. The van der Waals surface area contributed by atoms with Gasteiger partial charge in [-0.2, -0.15) is 0 Å². The molecule has 8 heteroatoms. The molecule has 1 N–H and O–H groups in total. The molecule has 0 bridgehead atoms. The van der Waals surface area contributed by atoms with Crippen molar-refractivity contribution in [3.63, 3.8) is 0 Å². The van der Waals surface area contributed by atoms with Gasteiger partial charge in [0.2, 0.25) is 10.0 Å². The number of sulfonamides is 1. The number of nitrogens with zero attached hydrogens (tertiary/aromatic N) is 1. The van der Waals surface area contributed by atoms with Crippen molar-refractivity contribution in [2.75, 3.05) is 6.54 Å². The Morgan fingerprint density at radius 3 is 2.21 bits per heavy atom. The molecule has 2 heterocycles. The summed E-state index contributed by atoms with van der Waals surface area (Å²) < 4.78 is 27.2. The monoisotopic (exact) mass is 432 g/mol. The number of rotatable bonds is 9. The molecule has 5 nitrogen and oxygen atoms in total. The third-order valence-electron chi connectivity index (χ3n) is 3.95. The van der Waals surface area contributed by atoms with E-state index in [9.17, 15) is 13.2 Å². The summed E-state index contributed by atoms with van der Waals surface area (Å²) in [6.45, 7) is 4.58. The molecule has 1 amide bonds. The number of carbonyl (C=O) groups excluding carboxylic acids is 1. The van der Waals surface area contributed by atoms with Gasteiger partial charge in [-0.15, -0.1) is 29.3 Å². The summed E-state index contributed by atoms with van der Waals surface area (Å²) in [4.78, 5) is 17.1. The van der Waals surface area contributed by atoms with Crippen molar-refractivity contribution in [1.82, 2.24) is 9.62 Å². The normalized spacial score (nSPS) is 11.3. The Labute approximate surface area is 173 Å². The molecule has 3 aromatic rings. The van der Waals surface area contributed by atoms with Gasteiger partial charge < -0.3 is 4.90 Å². The highest BCUT2D eigenvalue weighted by Gasteiger charge is 2.20. The predicted molar refractivity (Wildman–Crippen MR) is 114 cm³/mol. The summed E-state index contributed by atoms with van der Waals surface area (Å²) in [7, 11) is -3.69. The van der Waals surface area contributed by atoms with Gasteiger partial charge in [-0.05, 0) is 41.1 Å². The van der Waals surface area contributed by atoms with Gasteiger partial charge in [0.1, 0.15) is 0 Å². The number of carbonyl (C=O) groups is 1. The first-order valence-corrected chi connectivity index (χ1v) is 11.8. The maximum Gasteiger partial charge on any atom is 0.254 e. The molecule has 146 valence electrons. The van der Waals surface area contributed by atoms with Crippen LogP contribution in [0.25, 0.3) is 0 Å². The Kier molecular flexibility index (Phi) is 6.79. The Morgan fingerprint density at radius 2 is 1.68 bits per heavy atom. The fourth-order valence-corrected chi connectivity index (χ4v) is 5.09. The maximum atomic E-state index is 13.2. The molecule has 0 radical (unpaired) electrons. The van der Waals surface area contributed by atoms with Crippen molar-refractivity contribution < 1.29 is 13.2 Å². The van der Waals surface area contributed by atoms with Gasteiger partial charge in [0.05, 0.1) is 18.0 Å². The van der Waals surface area contributed by atoms with Gasteiger partial charge in [0, 0.05) is 21.9 Å². The molecule has 0 aliphatic carbocycles. The number of benzene rings is 1. The molecule has 0 spiro atoms. The molecule has 0 fully saturated rings. The molecule has 0 atom stereocenters. The molecule has 0 aliphatic heterocycles. The zero-order valence-corrected chi connectivity index (χ0v) is 17.5. The highest BCUT2D eigenvalue weighted by molar-refractivity contribution is 7.89. The van der Waals surface area contributed by atoms with Crippen LogP contribution in [0.2, 0.25) is 0 Å². The molecule has 0 unspecified atom stereocenters. The largest absolute Gasteiger partial charge is 0.328 e. The van der Waals surface area contributed by atoms with Crippen molar-refractivity contribution in [2.45, 2.75) is 18.0 Å². The van der Waals surface area contributed by atoms with Gasteiger partial charge >= 0.3 is 0 Å². The first-order chi connectivity index (χ1) is 13.5. The lowest BCUT2D eigenvalue weighted by Gasteiger charge is -2.22. The van der Waals surface area contributed by atoms with E-state index < -0.39 is 10.0 Å². The second-order valence-electron chi connectivity index (χ2n) is 5.99. The van der Waals surface area contributed by atoms with Gasteiger partial charge in [-0.25, -0.2) is 13.1 Å². The van der Waals surface area contributed by atoms with Crippen molar-refractivity contribution in [2.24, 2.45) is 0 Å². The number of hydrogen-bond donors (Lipinski definition) is 1. The number of nitrogens with one attached hydrogen (secondary N) is 1. The third kappa shape index (κ3) is 5.17. The molecule has 3 rings (SSSR count). The van der Waals surface area contributed by atoms with Gasteiger partial charge in [0.15, 0.2) is 0 Å². The summed E-state index contributed by atoms with van der Waals surface area (Å²) in [5, 5.41) is 3.95. The Balaban J connectivity index is 1.87.